The molecule has 6 nitrogen and oxygen atoms in total. The molecule has 130 valence electrons. The third-order valence-corrected chi connectivity index (χ3v) is 3.53. The van der Waals surface area contributed by atoms with E-state index in [1.807, 2.05) is 6.07 Å². The zero-order valence-electron chi connectivity index (χ0n) is 14.5. The fourth-order valence-electron chi connectivity index (χ4n) is 2.13. The van der Waals surface area contributed by atoms with E-state index in [1.165, 1.54) is 13.2 Å². The van der Waals surface area contributed by atoms with Crippen molar-refractivity contribution in [1.29, 1.82) is 5.26 Å². The first-order valence-electron chi connectivity index (χ1n) is 8.00. The van der Waals surface area contributed by atoms with Gasteiger partial charge in [0.15, 0.2) is 18.1 Å². The number of nitrogens with one attached hydrogen (secondary N) is 1. The van der Waals surface area contributed by atoms with Gasteiger partial charge in [-0.05, 0) is 36.9 Å². The molecule has 0 saturated carbocycles. The maximum Gasteiger partial charge on any atom is 0.244 e. The van der Waals surface area contributed by atoms with Crippen molar-refractivity contribution >= 4 is 12.0 Å². The number of nitriles is 1. The molecule has 1 amide bonds. The lowest BCUT2D eigenvalue weighted by molar-refractivity contribution is -0.116. The molecular formula is C18H25N3O3. The van der Waals surface area contributed by atoms with Crippen LogP contribution in [0.25, 0.3) is 6.08 Å². The Hall–Kier alpha value is -2.52. The Morgan fingerprint density at radius 1 is 1.33 bits per heavy atom. The predicted octanol–water partition coefficient (Wildman–Crippen LogP) is 2.07. The van der Waals surface area contributed by atoms with E-state index in [9.17, 15) is 4.79 Å². The number of ether oxygens (including phenoxy) is 2. The SMILES string of the molecule is CCN(CC)CCNC(=O)/C=C/c1ccc(OCC#N)c(OC)c1. The third-order valence-electron chi connectivity index (χ3n) is 3.53. The van der Waals surface area contributed by atoms with E-state index in [-0.39, 0.29) is 12.5 Å². The van der Waals surface area contributed by atoms with Gasteiger partial charge in [0.1, 0.15) is 6.07 Å². The number of rotatable bonds is 10. The van der Waals surface area contributed by atoms with E-state index >= 15 is 0 Å². The maximum atomic E-state index is 11.8. The van der Waals surface area contributed by atoms with Crippen LogP contribution in [-0.4, -0.2) is 50.7 Å². The van der Waals surface area contributed by atoms with Gasteiger partial charge < -0.3 is 19.7 Å². The fourth-order valence-corrected chi connectivity index (χ4v) is 2.13. The molecule has 0 aliphatic carbocycles. The van der Waals surface area contributed by atoms with Crippen molar-refractivity contribution < 1.29 is 14.3 Å². The minimum absolute atomic E-state index is 0.0412. The zero-order valence-corrected chi connectivity index (χ0v) is 14.5. The molecule has 0 unspecified atom stereocenters. The monoisotopic (exact) mass is 331 g/mol. The summed E-state index contributed by atoms with van der Waals surface area (Å²) in [5.41, 5.74) is 0.815. The summed E-state index contributed by atoms with van der Waals surface area (Å²) < 4.78 is 10.5. The van der Waals surface area contributed by atoms with Crippen molar-refractivity contribution in [3.8, 4) is 17.6 Å². The lowest BCUT2D eigenvalue weighted by Gasteiger charge is -2.17. The van der Waals surface area contributed by atoms with Crippen LogP contribution >= 0.6 is 0 Å². The molecule has 0 spiro atoms. The number of methoxy groups -OCH3 is 1. The van der Waals surface area contributed by atoms with E-state index in [4.69, 9.17) is 14.7 Å². The van der Waals surface area contributed by atoms with Crippen LogP contribution in [-0.2, 0) is 4.79 Å². The van der Waals surface area contributed by atoms with Crippen molar-refractivity contribution in [2.45, 2.75) is 13.8 Å². The number of likely N-dealkylation sites (N-methyl/N-ethyl adjacent to an activating group) is 1. The molecule has 1 aromatic carbocycles. The Labute approximate surface area is 143 Å². The van der Waals surface area contributed by atoms with Gasteiger partial charge in [-0.1, -0.05) is 19.9 Å². The van der Waals surface area contributed by atoms with Crippen molar-refractivity contribution in [3.05, 3.63) is 29.8 Å². The van der Waals surface area contributed by atoms with E-state index in [0.29, 0.717) is 18.0 Å². The molecule has 0 saturated heterocycles. The van der Waals surface area contributed by atoms with Crippen LogP contribution in [0.3, 0.4) is 0 Å². The average molecular weight is 331 g/mol. The standard InChI is InChI=1S/C18H25N3O3/c1-4-21(5-2)12-11-20-18(22)9-7-15-6-8-16(24-13-10-19)17(14-15)23-3/h6-9,14H,4-5,11-13H2,1-3H3,(H,20,22)/b9-7+. The topological polar surface area (TPSA) is 74.6 Å². The van der Waals surface area contributed by atoms with E-state index in [0.717, 1.165) is 25.2 Å². The molecule has 1 aromatic rings. The van der Waals surface area contributed by atoms with Gasteiger partial charge in [-0.3, -0.25) is 4.79 Å². The fraction of sp³-hybridized carbons (Fsp3) is 0.444. The highest BCUT2D eigenvalue weighted by Crippen LogP contribution is 2.28. The molecule has 0 atom stereocenters. The van der Waals surface area contributed by atoms with Crippen molar-refractivity contribution in [2.75, 3.05) is 39.9 Å². The lowest BCUT2D eigenvalue weighted by atomic mass is 10.2. The van der Waals surface area contributed by atoms with Crippen LogP contribution < -0.4 is 14.8 Å². The number of carbonyl (C=O) groups is 1. The highest BCUT2D eigenvalue weighted by Gasteiger charge is 2.05. The quantitative estimate of drug-likeness (QED) is 0.664. The molecule has 0 aliphatic rings. The highest BCUT2D eigenvalue weighted by molar-refractivity contribution is 5.91. The first-order valence-corrected chi connectivity index (χ1v) is 8.00. The number of carbonyl (C=O) groups excluding carboxylic acids is 1. The molecule has 0 bridgehead atoms. The number of nitrogens with zero attached hydrogens (tertiary/aromatic N) is 2. The minimum Gasteiger partial charge on any atom is -0.493 e. The first kappa shape index (κ1) is 19.5. The van der Waals surface area contributed by atoms with Gasteiger partial charge in [-0.25, -0.2) is 0 Å². The average Bonchev–Trinajstić information content (AvgIpc) is 2.62. The summed E-state index contributed by atoms with van der Waals surface area (Å²) in [6, 6.07) is 7.18. The highest BCUT2D eigenvalue weighted by atomic mass is 16.5. The number of amides is 1. The number of hydrogen-bond donors (Lipinski definition) is 1. The summed E-state index contributed by atoms with van der Waals surface area (Å²) in [7, 11) is 1.53. The molecule has 1 rings (SSSR count). The summed E-state index contributed by atoms with van der Waals surface area (Å²) in [5, 5.41) is 11.4. The van der Waals surface area contributed by atoms with Crippen LogP contribution in [0, 0.1) is 11.3 Å². The van der Waals surface area contributed by atoms with Crippen molar-refractivity contribution in [1.82, 2.24) is 10.2 Å². The predicted molar refractivity (Wildman–Crippen MR) is 93.9 cm³/mol. The normalized spacial score (nSPS) is 10.6. The van der Waals surface area contributed by atoms with E-state index in [2.05, 4.69) is 24.1 Å². The van der Waals surface area contributed by atoms with Gasteiger partial charge in [0.2, 0.25) is 5.91 Å². The van der Waals surface area contributed by atoms with Gasteiger partial charge in [0.25, 0.3) is 0 Å². The summed E-state index contributed by atoms with van der Waals surface area (Å²) >= 11 is 0. The Kier molecular flexibility index (Phi) is 9.02. The van der Waals surface area contributed by atoms with Crippen LogP contribution in [0.5, 0.6) is 11.5 Å². The third kappa shape index (κ3) is 6.71. The van der Waals surface area contributed by atoms with Crippen LogP contribution in [0.1, 0.15) is 19.4 Å². The summed E-state index contributed by atoms with van der Waals surface area (Å²) in [6.07, 6.45) is 3.20. The molecule has 0 fully saturated rings. The smallest absolute Gasteiger partial charge is 0.244 e. The summed E-state index contributed by atoms with van der Waals surface area (Å²) in [6.45, 7) is 7.57. The minimum atomic E-state index is -0.133. The molecule has 0 heterocycles. The summed E-state index contributed by atoms with van der Waals surface area (Å²) in [5.74, 6) is 0.889. The zero-order chi connectivity index (χ0) is 17.8. The summed E-state index contributed by atoms with van der Waals surface area (Å²) in [4.78, 5) is 14.1. The maximum absolute atomic E-state index is 11.8. The van der Waals surface area contributed by atoms with Crippen LogP contribution in [0.4, 0.5) is 0 Å². The Balaban J connectivity index is 2.57. The van der Waals surface area contributed by atoms with Crippen molar-refractivity contribution in [2.24, 2.45) is 0 Å². The molecule has 1 N–H and O–H groups in total. The van der Waals surface area contributed by atoms with E-state index in [1.54, 1.807) is 24.3 Å². The van der Waals surface area contributed by atoms with Gasteiger partial charge in [0, 0.05) is 19.2 Å². The molecule has 0 aliphatic heterocycles. The Morgan fingerprint density at radius 2 is 2.08 bits per heavy atom. The molecule has 0 aromatic heterocycles. The van der Waals surface area contributed by atoms with E-state index < -0.39 is 0 Å². The number of benzene rings is 1. The second-order valence-corrected chi connectivity index (χ2v) is 5.01. The molecular weight excluding hydrogens is 306 g/mol. The van der Waals surface area contributed by atoms with Gasteiger partial charge >= 0.3 is 0 Å². The molecule has 6 heteroatoms. The van der Waals surface area contributed by atoms with Crippen LogP contribution in [0.15, 0.2) is 24.3 Å². The second kappa shape index (κ2) is 11.1. The molecule has 0 radical (unpaired) electrons. The largest absolute Gasteiger partial charge is 0.493 e. The Bertz CT molecular complexity index is 590. The molecule has 24 heavy (non-hydrogen) atoms. The number of hydrogen-bond acceptors (Lipinski definition) is 5. The van der Waals surface area contributed by atoms with Gasteiger partial charge in [-0.2, -0.15) is 5.26 Å². The Morgan fingerprint density at radius 3 is 2.71 bits per heavy atom. The second-order valence-electron chi connectivity index (χ2n) is 5.01. The van der Waals surface area contributed by atoms with Gasteiger partial charge in [-0.15, -0.1) is 0 Å². The van der Waals surface area contributed by atoms with Gasteiger partial charge in [0.05, 0.1) is 7.11 Å². The first-order chi connectivity index (χ1) is 11.6. The van der Waals surface area contributed by atoms with Crippen molar-refractivity contribution in [3.63, 3.8) is 0 Å². The lowest BCUT2D eigenvalue weighted by Crippen LogP contribution is -2.34. The van der Waals surface area contributed by atoms with Crippen LogP contribution in [0.2, 0.25) is 0 Å².